The molecular formula is C25H28N2O3. The SMILES string of the molecule is COc1ccc(NC(=O)NCCc2cc(C)c(C)c(OCc3ccccc3)c2)cc1. The quantitative estimate of drug-likeness (QED) is 0.539. The van der Waals surface area contributed by atoms with Gasteiger partial charge in [0.25, 0.3) is 0 Å². The lowest BCUT2D eigenvalue weighted by Gasteiger charge is -2.14. The van der Waals surface area contributed by atoms with E-state index in [0.717, 1.165) is 40.3 Å². The Morgan fingerprint density at radius 2 is 1.67 bits per heavy atom. The van der Waals surface area contributed by atoms with Gasteiger partial charge >= 0.3 is 6.03 Å². The number of hydrogen-bond donors (Lipinski definition) is 2. The number of ether oxygens (including phenoxy) is 2. The van der Waals surface area contributed by atoms with Gasteiger partial charge in [-0.05, 0) is 72.9 Å². The van der Waals surface area contributed by atoms with E-state index >= 15 is 0 Å². The van der Waals surface area contributed by atoms with E-state index < -0.39 is 0 Å². The molecule has 0 spiro atoms. The van der Waals surface area contributed by atoms with E-state index in [9.17, 15) is 4.79 Å². The summed E-state index contributed by atoms with van der Waals surface area (Å²) >= 11 is 0. The maximum atomic E-state index is 12.1. The Hall–Kier alpha value is -3.47. The van der Waals surface area contributed by atoms with Crippen LogP contribution in [0.25, 0.3) is 0 Å². The van der Waals surface area contributed by atoms with E-state index in [1.165, 1.54) is 5.56 Å². The number of aryl methyl sites for hydroxylation is 1. The van der Waals surface area contributed by atoms with Crippen molar-refractivity contribution in [2.45, 2.75) is 26.9 Å². The second-order valence-corrected chi connectivity index (χ2v) is 7.17. The summed E-state index contributed by atoms with van der Waals surface area (Å²) in [5, 5.41) is 5.72. The Morgan fingerprint density at radius 1 is 0.933 bits per heavy atom. The molecule has 0 bridgehead atoms. The zero-order valence-corrected chi connectivity index (χ0v) is 17.7. The third-order valence-corrected chi connectivity index (χ3v) is 4.96. The van der Waals surface area contributed by atoms with Crippen LogP contribution in [-0.4, -0.2) is 19.7 Å². The van der Waals surface area contributed by atoms with E-state index in [1.54, 1.807) is 19.2 Å². The lowest BCUT2D eigenvalue weighted by Crippen LogP contribution is -2.30. The van der Waals surface area contributed by atoms with Gasteiger partial charge in [0.15, 0.2) is 0 Å². The Bertz CT molecular complexity index is 970. The second kappa shape index (κ2) is 10.3. The molecule has 0 saturated carbocycles. The highest BCUT2D eigenvalue weighted by Gasteiger charge is 2.08. The molecule has 5 nitrogen and oxygen atoms in total. The number of urea groups is 1. The van der Waals surface area contributed by atoms with Gasteiger partial charge in [0.2, 0.25) is 0 Å². The lowest BCUT2D eigenvalue weighted by atomic mass is 10.0. The van der Waals surface area contributed by atoms with Crippen molar-refractivity contribution in [2.75, 3.05) is 19.0 Å². The summed E-state index contributed by atoms with van der Waals surface area (Å²) in [5.41, 5.74) is 5.30. The molecule has 0 saturated heterocycles. The first-order valence-corrected chi connectivity index (χ1v) is 10.0. The number of hydrogen-bond acceptors (Lipinski definition) is 3. The summed E-state index contributed by atoms with van der Waals surface area (Å²) < 4.78 is 11.2. The molecule has 3 aromatic carbocycles. The van der Waals surface area contributed by atoms with Crippen LogP contribution < -0.4 is 20.1 Å². The minimum Gasteiger partial charge on any atom is -0.497 e. The highest BCUT2D eigenvalue weighted by Crippen LogP contribution is 2.25. The normalized spacial score (nSPS) is 10.4. The molecule has 2 amide bonds. The van der Waals surface area contributed by atoms with Crippen LogP contribution in [0.1, 0.15) is 22.3 Å². The van der Waals surface area contributed by atoms with Crippen LogP contribution in [0.5, 0.6) is 11.5 Å². The average molecular weight is 405 g/mol. The van der Waals surface area contributed by atoms with Crippen molar-refractivity contribution in [3.05, 3.63) is 89.0 Å². The number of carbonyl (C=O) groups is 1. The zero-order chi connectivity index (χ0) is 21.3. The monoisotopic (exact) mass is 404 g/mol. The average Bonchev–Trinajstić information content (AvgIpc) is 2.76. The van der Waals surface area contributed by atoms with Gasteiger partial charge in [-0.25, -0.2) is 4.79 Å². The summed E-state index contributed by atoms with van der Waals surface area (Å²) in [7, 11) is 1.61. The van der Waals surface area contributed by atoms with Crippen molar-refractivity contribution in [1.82, 2.24) is 5.32 Å². The van der Waals surface area contributed by atoms with Gasteiger partial charge in [0, 0.05) is 12.2 Å². The Balaban J connectivity index is 1.53. The third-order valence-electron chi connectivity index (χ3n) is 4.96. The number of amides is 2. The fraction of sp³-hybridized carbons (Fsp3) is 0.240. The highest BCUT2D eigenvalue weighted by atomic mass is 16.5. The molecule has 0 fully saturated rings. The van der Waals surface area contributed by atoms with Crippen molar-refractivity contribution >= 4 is 11.7 Å². The number of anilines is 1. The Morgan fingerprint density at radius 3 is 2.37 bits per heavy atom. The Labute approximate surface area is 178 Å². The zero-order valence-electron chi connectivity index (χ0n) is 17.7. The summed E-state index contributed by atoms with van der Waals surface area (Å²) in [4.78, 5) is 12.1. The van der Waals surface area contributed by atoms with E-state index in [4.69, 9.17) is 9.47 Å². The molecule has 0 radical (unpaired) electrons. The molecular weight excluding hydrogens is 376 g/mol. The number of methoxy groups -OCH3 is 1. The van der Waals surface area contributed by atoms with Crippen molar-refractivity contribution in [2.24, 2.45) is 0 Å². The molecule has 0 unspecified atom stereocenters. The highest BCUT2D eigenvalue weighted by molar-refractivity contribution is 5.89. The van der Waals surface area contributed by atoms with Gasteiger partial charge in [0.1, 0.15) is 18.1 Å². The molecule has 5 heteroatoms. The smallest absolute Gasteiger partial charge is 0.319 e. The van der Waals surface area contributed by atoms with Gasteiger partial charge < -0.3 is 20.1 Å². The number of rotatable bonds is 8. The lowest BCUT2D eigenvalue weighted by molar-refractivity contribution is 0.252. The van der Waals surface area contributed by atoms with E-state index in [-0.39, 0.29) is 6.03 Å². The fourth-order valence-corrected chi connectivity index (χ4v) is 3.10. The number of carbonyl (C=O) groups excluding carboxylic acids is 1. The van der Waals surface area contributed by atoms with Crippen molar-refractivity contribution < 1.29 is 14.3 Å². The van der Waals surface area contributed by atoms with Crippen LogP contribution in [-0.2, 0) is 13.0 Å². The van der Waals surface area contributed by atoms with Gasteiger partial charge in [-0.1, -0.05) is 36.4 Å². The van der Waals surface area contributed by atoms with Crippen LogP contribution in [0.2, 0.25) is 0 Å². The molecule has 0 aliphatic carbocycles. The molecule has 0 aliphatic heterocycles. The minimum absolute atomic E-state index is 0.232. The predicted octanol–water partition coefficient (Wildman–Crippen LogP) is 5.26. The molecule has 0 heterocycles. The number of benzene rings is 3. The topological polar surface area (TPSA) is 59.6 Å². The summed E-state index contributed by atoms with van der Waals surface area (Å²) in [6.07, 6.45) is 0.721. The largest absolute Gasteiger partial charge is 0.497 e. The van der Waals surface area contributed by atoms with Crippen LogP contribution in [0.15, 0.2) is 66.7 Å². The summed E-state index contributed by atoms with van der Waals surface area (Å²) in [5.74, 6) is 1.64. The van der Waals surface area contributed by atoms with Crippen molar-refractivity contribution in [3.8, 4) is 11.5 Å². The first kappa shape index (κ1) is 21.2. The molecule has 30 heavy (non-hydrogen) atoms. The van der Waals surface area contributed by atoms with Crippen LogP contribution in [0.4, 0.5) is 10.5 Å². The van der Waals surface area contributed by atoms with Crippen LogP contribution in [0, 0.1) is 13.8 Å². The maximum absolute atomic E-state index is 12.1. The van der Waals surface area contributed by atoms with Crippen molar-refractivity contribution in [3.63, 3.8) is 0 Å². The maximum Gasteiger partial charge on any atom is 0.319 e. The third kappa shape index (κ3) is 6.01. The standard InChI is InChI=1S/C25H28N2O3/c1-18-15-21(16-24(19(18)2)30-17-20-7-5-4-6-8-20)13-14-26-25(28)27-22-9-11-23(29-3)12-10-22/h4-12,15-16H,13-14,17H2,1-3H3,(H2,26,27,28). The molecule has 156 valence electrons. The number of nitrogens with one attached hydrogen (secondary N) is 2. The Kier molecular flexibility index (Phi) is 7.33. The van der Waals surface area contributed by atoms with Crippen molar-refractivity contribution in [1.29, 1.82) is 0 Å². The molecule has 0 atom stereocenters. The molecule has 0 aromatic heterocycles. The van der Waals surface area contributed by atoms with Gasteiger partial charge in [-0.3, -0.25) is 0 Å². The summed E-state index contributed by atoms with van der Waals surface area (Å²) in [6, 6.07) is 21.3. The summed E-state index contributed by atoms with van der Waals surface area (Å²) in [6.45, 7) is 5.22. The second-order valence-electron chi connectivity index (χ2n) is 7.17. The first-order valence-electron chi connectivity index (χ1n) is 10.0. The predicted molar refractivity (Wildman–Crippen MR) is 120 cm³/mol. The van der Waals surface area contributed by atoms with E-state index in [0.29, 0.717) is 13.2 Å². The minimum atomic E-state index is -0.232. The van der Waals surface area contributed by atoms with E-state index in [2.05, 4.69) is 48.7 Å². The molecule has 0 aliphatic rings. The molecule has 3 aromatic rings. The molecule has 3 rings (SSSR count). The molecule has 2 N–H and O–H groups in total. The van der Waals surface area contributed by atoms with Crippen LogP contribution in [0.3, 0.4) is 0 Å². The van der Waals surface area contributed by atoms with Gasteiger partial charge in [0.05, 0.1) is 7.11 Å². The van der Waals surface area contributed by atoms with Crippen LogP contribution >= 0.6 is 0 Å². The van der Waals surface area contributed by atoms with E-state index in [1.807, 2.05) is 30.3 Å². The van der Waals surface area contributed by atoms with Gasteiger partial charge in [-0.15, -0.1) is 0 Å². The fourth-order valence-electron chi connectivity index (χ4n) is 3.10. The van der Waals surface area contributed by atoms with Gasteiger partial charge in [-0.2, -0.15) is 0 Å². The first-order chi connectivity index (χ1) is 14.5.